The van der Waals surface area contributed by atoms with E-state index in [4.69, 9.17) is 9.73 Å². The van der Waals surface area contributed by atoms with Gasteiger partial charge in [0.2, 0.25) is 0 Å². The fourth-order valence-corrected chi connectivity index (χ4v) is 4.30. The molecule has 3 rings (SSSR count). The van der Waals surface area contributed by atoms with E-state index in [2.05, 4.69) is 34.0 Å². The van der Waals surface area contributed by atoms with Crippen LogP contribution in [0.1, 0.15) is 32.6 Å². The number of nitrogens with one attached hydrogen (secondary N) is 1. The number of morpholine rings is 1. The molecule has 3 aliphatic heterocycles. The van der Waals surface area contributed by atoms with Crippen LogP contribution in [-0.4, -0.2) is 99.3 Å². The van der Waals surface area contributed by atoms with E-state index in [1.165, 1.54) is 38.8 Å². The molecule has 0 saturated carbocycles. The van der Waals surface area contributed by atoms with Gasteiger partial charge in [0.25, 0.3) is 0 Å². The fourth-order valence-electron chi connectivity index (χ4n) is 4.30. The molecule has 144 valence electrons. The van der Waals surface area contributed by atoms with E-state index in [1.54, 1.807) is 0 Å². The van der Waals surface area contributed by atoms with Crippen LogP contribution < -0.4 is 5.32 Å². The lowest BCUT2D eigenvalue weighted by molar-refractivity contribution is 0.0195. The highest BCUT2D eigenvalue weighted by Gasteiger charge is 2.30. The largest absolute Gasteiger partial charge is 0.379 e. The Labute approximate surface area is 153 Å². The first-order valence-corrected chi connectivity index (χ1v) is 10.3. The van der Waals surface area contributed by atoms with Crippen molar-refractivity contribution in [2.45, 2.75) is 38.6 Å². The lowest BCUT2D eigenvalue weighted by Crippen LogP contribution is -2.46. The summed E-state index contributed by atoms with van der Waals surface area (Å²) in [5.41, 5.74) is 0. The van der Waals surface area contributed by atoms with Gasteiger partial charge in [0, 0.05) is 45.3 Å². The van der Waals surface area contributed by atoms with Gasteiger partial charge in [-0.2, -0.15) is 0 Å². The summed E-state index contributed by atoms with van der Waals surface area (Å²) in [5, 5.41) is 3.52. The lowest BCUT2D eigenvalue weighted by atomic mass is 9.94. The highest BCUT2D eigenvalue weighted by atomic mass is 16.5. The second kappa shape index (κ2) is 9.74. The molecule has 0 radical (unpaired) electrons. The Morgan fingerprint density at radius 2 is 1.84 bits per heavy atom. The number of aliphatic imine (C=N–C) groups is 1. The number of hydrogen-bond donors (Lipinski definition) is 1. The molecule has 0 aromatic carbocycles. The molecule has 6 heteroatoms. The SMILES string of the molecule is CCNC(=NCCC1CCN(C)CC1)N1CCC(N2CCOCC2)C1. The van der Waals surface area contributed by atoms with Crippen LogP contribution in [0.2, 0.25) is 0 Å². The van der Waals surface area contributed by atoms with Gasteiger partial charge in [-0.15, -0.1) is 0 Å². The number of guanidine groups is 1. The molecule has 0 bridgehead atoms. The molecule has 3 heterocycles. The Balaban J connectivity index is 1.46. The maximum atomic E-state index is 5.50. The highest BCUT2D eigenvalue weighted by Crippen LogP contribution is 2.20. The molecule has 0 aromatic rings. The molecule has 0 spiro atoms. The van der Waals surface area contributed by atoms with Crippen LogP contribution in [0.25, 0.3) is 0 Å². The second-order valence-electron chi connectivity index (χ2n) is 7.81. The van der Waals surface area contributed by atoms with Crippen LogP contribution in [0.3, 0.4) is 0 Å². The third kappa shape index (κ3) is 5.56. The van der Waals surface area contributed by atoms with Gasteiger partial charge in [0.1, 0.15) is 0 Å². The van der Waals surface area contributed by atoms with E-state index in [9.17, 15) is 0 Å². The number of piperidine rings is 1. The van der Waals surface area contributed by atoms with Crippen molar-refractivity contribution in [3.05, 3.63) is 0 Å². The Kier molecular flexibility index (Phi) is 7.37. The zero-order valence-electron chi connectivity index (χ0n) is 16.3. The van der Waals surface area contributed by atoms with Gasteiger partial charge in [-0.25, -0.2) is 0 Å². The van der Waals surface area contributed by atoms with E-state index in [1.807, 2.05) is 0 Å². The van der Waals surface area contributed by atoms with Gasteiger partial charge >= 0.3 is 0 Å². The first-order chi connectivity index (χ1) is 12.3. The summed E-state index contributed by atoms with van der Waals surface area (Å²) in [5.74, 6) is 1.99. The fraction of sp³-hybridized carbons (Fsp3) is 0.947. The van der Waals surface area contributed by atoms with Gasteiger partial charge in [0.05, 0.1) is 13.2 Å². The molecule has 1 N–H and O–H groups in total. The quantitative estimate of drug-likeness (QED) is 0.593. The van der Waals surface area contributed by atoms with Crippen LogP contribution in [0, 0.1) is 5.92 Å². The van der Waals surface area contributed by atoms with Crippen molar-refractivity contribution in [2.75, 3.05) is 72.6 Å². The molecule has 1 unspecified atom stereocenters. The van der Waals surface area contributed by atoms with Gasteiger partial charge in [-0.05, 0) is 58.7 Å². The van der Waals surface area contributed by atoms with Gasteiger partial charge < -0.3 is 19.9 Å². The van der Waals surface area contributed by atoms with E-state index < -0.39 is 0 Å². The van der Waals surface area contributed by atoms with E-state index in [0.29, 0.717) is 6.04 Å². The molecule has 3 aliphatic rings. The molecule has 0 amide bonds. The minimum atomic E-state index is 0.668. The Morgan fingerprint density at radius 1 is 1.08 bits per heavy atom. The Hall–Kier alpha value is -0.850. The third-order valence-electron chi connectivity index (χ3n) is 6.00. The van der Waals surface area contributed by atoms with Crippen molar-refractivity contribution < 1.29 is 4.74 Å². The standard InChI is InChI=1S/C19H37N5O/c1-3-20-19(21-8-4-17-5-9-22(2)10-6-17)24-11-7-18(16-24)23-12-14-25-15-13-23/h17-18H,3-16H2,1-2H3,(H,20,21). The minimum Gasteiger partial charge on any atom is -0.379 e. The topological polar surface area (TPSA) is 43.3 Å². The summed E-state index contributed by atoms with van der Waals surface area (Å²) >= 11 is 0. The second-order valence-corrected chi connectivity index (χ2v) is 7.81. The monoisotopic (exact) mass is 351 g/mol. The lowest BCUT2D eigenvalue weighted by Gasteiger charge is -2.32. The predicted molar refractivity (Wildman–Crippen MR) is 103 cm³/mol. The number of ether oxygens (including phenoxy) is 1. The summed E-state index contributed by atoms with van der Waals surface area (Å²) in [4.78, 5) is 12.5. The van der Waals surface area contributed by atoms with Crippen molar-refractivity contribution >= 4 is 5.96 Å². The predicted octanol–water partition coefficient (Wildman–Crippen LogP) is 1.09. The van der Waals surface area contributed by atoms with Crippen molar-refractivity contribution in [3.63, 3.8) is 0 Å². The number of likely N-dealkylation sites (tertiary alicyclic amines) is 2. The zero-order chi connectivity index (χ0) is 17.5. The molecule has 3 fully saturated rings. The molecular formula is C19H37N5O. The van der Waals surface area contributed by atoms with Crippen molar-refractivity contribution in [1.29, 1.82) is 0 Å². The summed E-state index contributed by atoms with van der Waals surface area (Å²) < 4.78 is 5.50. The van der Waals surface area contributed by atoms with Crippen LogP contribution in [0.15, 0.2) is 4.99 Å². The summed E-state index contributed by atoms with van der Waals surface area (Å²) in [6.45, 7) is 12.8. The summed E-state index contributed by atoms with van der Waals surface area (Å²) in [6.07, 6.45) is 5.17. The highest BCUT2D eigenvalue weighted by molar-refractivity contribution is 5.80. The van der Waals surface area contributed by atoms with E-state index in [-0.39, 0.29) is 0 Å². The molecule has 6 nitrogen and oxygen atoms in total. The summed E-state index contributed by atoms with van der Waals surface area (Å²) in [6, 6.07) is 0.668. The van der Waals surface area contributed by atoms with E-state index in [0.717, 1.165) is 64.4 Å². The molecular weight excluding hydrogens is 314 g/mol. The first kappa shape index (κ1) is 18.9. The van der Waals surface area contributed by atoms with Gasteiger partial charge in [-0.1, -0.05) is 0 Å². The van der Waals surface area contributed by atoms with Gasteiger partial charge in [-0.3, -0.25) is 9.89 Å². The van der Waals surface area contributed by atoms with Crippen molar-refractivity contribution in [2.24, 2.45) is 10.9 Å². The third-order valence-corrected chi connectivity index (χ3v) is 6.00. The molecule has 25 heavy (non-hydrogen) atoms. The molecule has 1 atom stereocenters. The normalized spacial score (nSPS) is 27.8. The van der Waals surface area contributed by atoms with Crippen molar-refractivity contribution in [1.82, 2.24) is 20.0 Å². The first-order valence-electron chi connectivity index (χ1n) is 10.3. The van der Waals surface area contributed by atoms with Crippen LogP contribution in [0.5, 0.6) is 0 Å². The number of rotatable bonds is 5. The minimum absolute atomic E-state index is 0.668. The van der Waals surface area contributed by atoms with Crippen LogP contribution >= 0.6 is 0 Å². The molecule has 0 aromatic heterocycles. The Bertz CT molecular complexity index is 416. The van der Waals surface area contributed by atoms with Gasteiger partial charge in [0.15, 0.2) is 5.96 Å². The Morgan fingerprint density at radius 3 is 2.56 bits per heavy atom. The van der Waals surface area contributed by atoms with Crippen LogP contribution in [-0.2, 0) is 4.74 Å². The average molecular weight is 352 g/mol. The molecule has 3 saturated heterocycles. The zero-order valence-corrected chi connectivity index (χ0v) is 16.3. The van der Waals surface area contributed by atoms with Crippen LogP contribution in [0.4, 0.5) is 0 Å². The number of hydrogen-bond acceptors (Lipinski definition) is 4. The van der Waals surface area contributed by atoms with E-state index >= 15 is 0 Å². The average Bonchev–Trinajstić information content (AvgIpc) is 3.13. The number of nitrogens with zero attached hydrogens (tertiary/aromatic N) is 4. The summed E-state index contributed by atoms with van der Waals surface area (Å²) in [7, 11) is 2.23. The molecule has 0 aliphatic carbocycles. The van der Waals surface area contributed by atoms with Crippen molar-refractivity contribution in [3.8, 4) is 0 Å². The maximum Gasteiger partial charge on any atom is 0.193 e. The smallest absolute Gasteiger partial charge is 0.193 e. The maximum absolute atomic E-state index is 5.50.